The molecule has 0 aromatic rings. The zero-order valence-electron chi connectivity index (χ0n) is 5.16. The van der Waals surface area contributed by atoms with E-state index in [1.54, 1.807) is 18.2 Å². The Balaban J connectivity index is 2.93. The third-order valence-electron chi connectivity index (χ3n) is 1.63. The van der Waals surface area contributed by atoms with E-state index in [4.69, 9.17) is 5.11 Å². The molecule has 2 nitrogen and oxygen atoms in total. The molecule has 0 heterocycles. The van der Waals surface area contributed by atoms with Gasteiger partial charge in [0.15, 0.2) is 16.9 Å². The van der Waals surface area contributed by atoms with Crippen molar-refractivity contribution < 1.29 is 5.11 Å². The molecule has 0 radical (unpaired) electrons. The molecule has 0 spiro atoms. The summed E-state index contributed by atoms with van der Waals surface area (Å²) in [5.74, 6) is 0.0880. The Labute approximate surface area is 57.4 Å². The van der Waals surface area contributed by atoms with Crippen LogP contribution in [0.5, 0.6) is 5.75 Å². The van der Waals surface area contributed by atoms with Crippen LogP contribution in [0.25, 0.3) is 11.1 Å². The fourth-order valence-electron chi connectivity index (χ4n) is 1.14. The van der Waals surface area contributed by atoms with E-state index in [-0.39, 0.29) is 11.2 Å². The maximum Gasteiger partial charge on any atom is 0.258 e. The largest absolute Gasteiger partial charge is 0.496 e. The van der Waals surface area contributed by atoms with Crippen LogP contribution < -0.4 is 5.43 Å². The van der Waals surface area contributed by atoms with Gasteiger partial charge in [-0.15, -0.1) is 0 Å². The summed E-state index contributed by atoms with van der Waals surface area (Å²) in [5, 5.41) is 9.08. The van der Waals surface area contributed by atoms with E-state index >= 15 is 0 Å². The summed E-state index contributed by atoms with van der Waals surface area (Å²) in [6, 6.07) is 6.43. The van der Waals surface area contributed by atoms with Crippen LogP contribution in [0.2, 0.25) is 0 Å². The summed E-state index contributed by atoms with van der Waals surface area (Å²) in [4.78, 5) is 10.9. The van der Waals surface area contributed by atoms with Crippen molar-refractivity contribution in [1.29, 1.82) is 0 Å². The number of fused-ring (bicyclic) bond motifs is 1. The summed E-state index contributed by atoms with van der Waals surface area (Å²) in [6.45, 7) is 0. The van der Waals surface area contributed by atoms with Gasteiger partial charge in [-0.1, -0.05) is 0 Å². The first kappa shape index (κ1) is 5.35. The Morgan fingerprint density at radius 1 is 1.30 bits per heavy atom. The van der Waals surface area contributed by atoms with Gasteiger partial charge in [0, 0.05) is 6.07 Å². The van der Waals surface area contributed by atoms with E-state index in [0.717, 1.165) is 0 Å². The minimum atomic E-state index is -0.0995. The van der Waals surface area contributed by atoms with Gasteiger partial charge in [0.05, 0.1) is 18.2 Å². The first-order valence-electron chi connectivity index (χ1n) is 3.00. The van der Waals surface area contributed by atoms with E-state index in [1.807, 2.05) is 0 Å². The van der Waals surface area contributed by atoms with Gasteiger partial charge in [-0.2, -0.15) is 0 Å². The lowest BCUT2D eigenvalue weighted by molar-refractivity contribution is 0.479. The molecule has 2 rings (SSSR count). The summed E-state index contributed by atoms with van der Waals surface area (Å²) in [6.07, 6.45) is 0. The minimum Gasteiger partial charge on any atom is -0.496 e. The SMILES string of the molecule is O=c1cc(O)c2c[cH+]cc1-2. The monoisotopic (exact) mass is 133 g/mol. The van der Waals surface area contributed by atoms with Crippen LogP contribution in [-0.2, 0) is 0 Å². The Hall–Kier alpha value is -1.44. The van der Waals surface area contributed by atoms with E-state index < -0.39 is 0 Å². The highest BCUT2D eigenvalue weighted by atomic mass is 16.3. The molecule has 0 aliphatic heterocycles. The molecule has 10 heavy (non-hydrogen) atoms. The lowest BCUT2D eigenvalue weighted by Gasteiger charge is -1.74. The Morgan fingerprint density at radius 2 is 2.00 bits per heavy atom. The van der Waals surface area contributed by atoms with Crippen LogP contribution >= 0.6 is 0 Å². The molecule has 0 amide bonds. The maximum absolute atomic E-state index is 10.9. The molecule has 0 aromatic carbocycles. The van der Waals surface area contributed by atoms with E-state index in [1.165, 1.54) is 6.07 Å². The van der Waals surface area contributed by atoms with Gasteiger partial charge in [0.2, 0.25) is 0 Å². The van der Waals surface area contributed by atoms with Gasteiger partial charge < -0.3 is 5.11 Å². The minimum absolute atomic E-state index is 0.0880. The molecule has 0 saturated carbocycles. The van der Waals surface area contributed by atoms with Gasteiger partial charge in [-0.25, -0.2) is 0 Å². The molecule has 0 saturated heterocycles. The fraction of sp³-hybridized carbons (Fsp3) is 0. The summed E-state index contributed by atoms with van der Waals surface area (Å²) < 4.78 is 0. The molecule has 1 N–H and O–H groups in total. The van der Waals surface area contributed by atoms with Gasteiger partial charge in [-0.3, -0.25) is 4.79 Å². The normalized spacial score (nSPS) is 10.8. The molecule has 0 atom stereocenters. The lowest BCUT2D eigenvalue weighted by atomic mass is 10.2. The molecule has 2 aliphatic carbocycles. The average molecular weight is 133 g/mol. The fourth-order valence-corrected chi connectivity index (χ4v) is 1.14. The van der Waals surface area contributed by atoms with Crippen LogP contribution in [0, 0.1) is 0 Å². The zero-order valence-corrected chi connectivity index (χ0v) is 5.16. The predicted molar refractivity (Wildman–Crippen MR) is 37.8 cm³/mol. The van der Waals surface area contributed by atoms with Crippen molar-refractivity contribution >= 4 is 0 Å². The number of aromatic hydroxyl groups is 1. The molecule has 0 aromatic heterocycles. The standard InChI is InChI=1S/C8H4O2/c9-7-4-8(10)6-3-1-2-5(6)7/h1-4H/p+1. The molecular weight excluding hydrogens is 128 g/mol. The quantitative estimate of drug-likeness (QED) is 0.544. The van der Waals surface area contributed by atoms with E-state index in [9.17, 15) is 4.79 Å². The van der Waals surface area contributed by atoms with E-state index in [0.29, 0.717) is 11.1 Å². The third kappa shape index (κ3) is 0.480. The van der Waals surface area contributed by atoms with Gasteiger partial charge in [0.25, 0.3) is 5.43 Å². The lowest BCUT2D eigenvalue weighted by Crippen LogP contribution is -1.90. The van der Waals surface area contributed by atoms with Crippen molar-refractivity contribution in [2.45, 2.75) is 0 Å². The third-order valence-corrected chi connectivity index (χ3v) is 1.63. The molecule has 0 fully saturated rings. The Kier molecular flexibility index (Phi) is 0.822. The second kappa shape index (κ2) is 1.53. The van der Waals surface area contributed by atoms with Crippen molar-refractivity contribution in [2.75, 3.05) is 0 Å². The Bertz CT molecular complexity index is 361. The molecule has 0 bridgehead atoms. The van der Waals surface area contributed by atoms with Crippen molar-refractivity contribution in [3.05, 3.63) is 34.5 Å². The molecule has 0 unspecified atom stereocenters. The van der Waals surface area contributed by atoms with Crippen LogP contribution in [0.15, 0.2) is 29.1 Å². The average Bonchev–Trinajstić information content (AvgIpc) is 2.39. The van der Waals surface area contributed by atoms with Crippen molar-refractivity contribution in [2.24, 2.45) is 0 Å². The number of rotatable bonds is 0. The van der Waals surface area contributed by atoms with Crippen LogP contribution in [0.4, 0.5) is 0 Å². The summed E-state index contributed by atoms with van der Waals surface area (Å²) >= 11 is 0. The zero-order chi connectivity index (χ0) is 7.14. The van der Waals surface area contributed by atoms with Crippen molar-refractivity contribution in [3.8, 4) is 16.9 Å². The highest BCUT2D eigenvalue weighted by molar-refractivity contribution is 5.74. The van der Waals surface area contributed by atoms with Crippen molar-refractivity contribution in [3.63, 3.8) is 0 Å². The molecular formula is C8H5O2+. The van der Waals surface area contributed by atoms with Crippen LogP contribution in [0.3, 0.4) is 0 Å². The highest BCUT2D eigenvalue weighted by Gasteiger charge is 2.23. The predicted octanol–water partition coefficient (Wildman–Crippen LogP) is 1.01. The topological polar surface area (TPSA) is 37.3 Å². The highest BCUT2D eigenvalue weighted by Crippen LogP contribution is 2.29. The Morgan fingerprint density at radius 3 is 2.70 bits per heavy atom. The number of hydrogen-bond acceptors (Lipinski definition) is 2. The van der Waals surface area contributed by atoms with E-state index in [2.05, 4.69) is 0 Å². The van der Waals surface area contributed by atoms with Gasteiger partial charge in [-0.05, 0) is 0 Å². The first-order chi connectivity index (χ1) is 4.79. The second-order valence-corrected chi connectivity index (χ2v) is 2.25. The van der Waals surface area contributed by atoms with Gasteiger partial charge in [0.1, 0.15) is 0 Å². The maximum atomic E-state index is 10.9. The second-order valence-electron chi connectivity index (χ2n) is 2.25. The molecule has 2 heteroatoms. The summed E-state index contributed by atoms with van der Waals surface area (Å²) in [5.41, 5.74) is 1.17. The smallest absolute Gasteiger partial charge is 0.258 e. The van der Waals surface area contributed by atoms with Crippen LogP contribution in [0.1, 0.15) is 0 Å². The van der Waals surface area contributed by atoms with Crippen molar-refractivity contribution in [1.82, 2.24) is 0 Å². The number of hydrogen-bond donors (Lipinski definition) is 1. The van der Waals surface area contributed by atoms with Gasteiger partial charge >= 0.3 is 0 Å². The molecule has 2 aliphatic rings. The summed E-state index contributed by atoms with van der Waals surface area (Å²) in [7, 11) is 0. The molecule has 48 valence electrons. The first-order valence-corrected chi connectivity index (χ1v) is 3.00. The van der Waals surface area contributed by atoms with Crippen LogP contribution in [-0.4, -0.2) is 5.11 Å².